The minimum atomic E-state index is -0.832. The fraction of sp³-hybridized carbons (Fsp3) is 0.400. The molecule has 0 bridgehead atoms. The van der Waals surface area contributed by atoms with Crippen LogP contribution < -0.4 is 5.32 Å². The van der Waals surface area contributed by atoms with Gasteiger partial charge in [0.05, 0.1) is 6.04 Å². The zero-order valence-electron chi connectivity index (χ0n) is 7.20. The van der Waals surface area contributed by atoms with Crippen LogP contribution in [0.5, 0.6) is 5.75 Å². The summed E-state index contributed by atoms with van der Waals surface area (Å²) in [5, 5.41) is 12.3. The lowest BCUT2D eigenvalue weighted by atomic mass is 10.0. The van der Waals surface area contributed by atoms with Crippen molar-refractivity contribution in [3.8, 4) is 5.75 Å². The van der Waals surface area contributed by atoms with Crippen molar-refractivity contribution in [3.05, 3.63) is 29.8 Å². The lowest BCUT2D eigenvalue weighted by molar-refractivity contribution is 0.304. The summed E-state index contributed by atoms with van der Waals surface area (Å²) in [6, 6.07) is 6.51. The number of halogens is 1. The fourth-order valence-corrected chi connectivity index (χ4v) is 1.72. The van der Waals surface area contributed by atoms with E-state index >= 15 is 0 Å². The molecule has 13 heavy (non-hydrogen) atoms. The lowest BCUT2D eigenvalue weighted by Gasteiger charge is -2.13. The highest BCUT2D eigenvalue weighted by Gasteiger charge is 2.27. The second-order valence-electron chi connectivity index (χ2n) is 3.33. The van der Waals surface area contributed by atoms with E-state index in [0.29, 0.717) is 13.0 Å². The summed E-state index contributed by atoms with van der Waals surface area (Å²) >= 11 is 0. The zero-order valence-corrected chi connectivity index (χ0v) is 7.20. The molecule has 2 nitrogen and oxygen atoms in total. The maximum absolute atomic E-state index is 13.3. The Morgan fingerprint density at radius 1 is 1.46 bits per heavy atom. The quantitative estimate of drug-likeness (QED) is 0.692. The highest BCUT2D eigenvalue weighted by molar-refractivity contribution is 5.30. The Labute approximate surface area is 76.4 Å². The second-order valence-corrected chi connectivity index (χ2v) is 3.33. The average Bonchev–Trinajstić information content (AvgIpc) is 2.51. The van der Waals surface area contributed by atoms with E-state index in [9.17, 15) is 9.50 Å². The van der Waals surface area contributed by atoms with E-state index in [4.69, 9.17) is 0 Å². The van der Waals surface area contributed by atoms with Gasteiger partial charge in [0.25, 0.3) is 0 Å². The standard InChI is InChI=1S/C10H12FNO/c11-9-4-5-12-10(9)7-2-1-3-8(13)6-7/h1-3,6,9-10,12-13H,4-5H2. The van der Waals surface area contributed by atoms with E-state index in [0.717, 1.165) is 5.56 Å². The smallest absolute Gasteiger partial charge is 0.121 e. The van der Waals surface area contributed by atoms with E-state index in [1.54, 1.807) is 18.2 Å². The van der Waals surface area contributed by atoms with Crippen LogP contribution in [0.1, 0.15) is 18.0 Å². The van der Waals surface area contributed by atoms with Crippen LogP contribution in [0.3, 0.4) is 0 Å². The van der Waals surface area contributed by atoms with Gasteiger partial charge in [-0.05, 0) is 30.7 Å². The predicted molar refractivity (Wildman–Crippen MR) is 48.4 cm³/mol. The molecule has 2 N–H and O–H groups in total. The van der Waals surface area contributed by atoms with Crippen LogP contribution in [0, 0.1) is 0 Å². The van der Waals surface area contributed by atoms with E-state index in [1.165, 1.54) is 0 Å². The largest absolute Gasteiger partial charge is 0.508 e. The number of hydrogen-bond acceptors (Lipinski definition) is 2. The molecule has 2 rings (SSSR count). The Morgan fingerprint density at radius 3 is 2.92 bits per heavy atom. The van der Waals surface area contributed by atoms with Crippen LogP contribution in [-0.4, -0.2) is 17.8 Å². The molecule has 0 aromatic heterocycles. The molecule has 1 fully saturated rings. The Bertz CT molecular complexity index is 303. The third-order valence-corrected chi connectivity index (χ3v) is 2.38. The summed E-state index contributed by atoms with van der Waals surface area (Å²) in [5.74, 6) is 0.193. The maximum Gasteiger partial charge on any atom is 0.121 e. The number of phenolic OH excluding ortho intramolecular Hbond substituents is 1. The lowest BCUT2D eigenvalue weighted by Crippen LogP contribution is -2.18. The molecule has 1 saturated heterocycles. The highest BCUT2D eigenvalue weighted by Crippen LogP contribution is 2.27. The highest BCUT2D eigenvalue weighted by atomic mass is 19.1. The van der Waals surface area contributed by atoms with E-state index in [2.05, 4.69) is 5.32 Å². The monoisotopic (exact) mass is 181 g/mol. The van der Waals surface area contributed by atoms with E-state index in [1.807, 2.05) is 6.07 Å². The van der Waals surface area contributed by atoms with Crippen molar-refractivity contribution >= 4 is 0 Å². The predicted octanol–water partition coefficient (Wildman–Crippen LogP) is 1.76. The van der Waals surface area contributed by atoms with E-state index in [-0.39, 0.29) is 11.8 Å². The number of phenols is 1. The minimum absolute atomic E-state index is 0.193. The van der Waals surface area contributed by atoms with Crippen LogP contribution in [0.25, 0.3) is 0 Å². The number of alkyl halides is 1. The van der Waals surface area contributed by atoms with Gasteiger partial charge in [-0.25, -0.2) is 4.39 Å². The Balaban J connectivity index is 2.24. The Hall–Kier alpha value is -1.09. The zero-order chi connectivity index (χ0) is 9.26. The number of rotatable bonds is 1. The van der Waals surface area contributed by atoms with Crippen molar-refractivity contribution in [3.63, 3.8) is 0 Å². The van der Waals surface area contributed by atoms with E-state index < -0.39 is 6.17 Å². The molecule has 1 aromatic rings. The van der Waals surface area contributed by atoms with Gasteiger partial charge in [0, 0.05) is 0 Å². The van der Waals surface area contributed by atoms with Gasteiger partial charge in [0.1, 0.15) is 11.9 Å². The van der Waals surface area contributed by atoms with Gasteiger partial charge >= 0.3 is 0 Å². The summed E-state index contributed by atoms with van der Waals surface area (Å²) < 4.78 is 13.3. The third kappa shape index (κ3) is 1.65. The number of aromatic hydroxyl groups is 1. The number of benzene rings is 1. The molecule has 1 aliphatic rings. The van der Waals surface area contributed by atoms with Crippen LogP contribution in [-0.2, 0) is 0 Å². The molecular formula is C10H12FNO. The van der Waals surface area contributed by atoms with Gasteiger partial charge in [-0.15, -0.1) is 0 Å². The van der Waals surface area contributed by atoms with Crippen LogP contribution in [0.2, 0.25) is 0 Å². The molecule has 0 saturated carbocycles. The maximum atomic E-state index is 13.3. The van der Waals surface area contributed by atoms with Crippen molar-refractivity contribution < 1.29 is 9.50 Å². The fourth-order valence-electron chi connectivity index (χ4n) is 1.72. The first-order chi connectivity index (χ1) is 6.27. The molecule has 70 valence electrons. The van der Waals surface area contributed by atoms with Crippen molar-refractivity contribution in [2.75, 3.05) is 6.54 Å². The summed E-state index contributed by atoms with van der Waals surface area (Å²) in [6.07, 6.45) is -0.276. The van der Waals surface area contributed by atoms with Crippen LogP contribution >= 0.6 is 0 Å². The molecule has 3 heteroatoms. The van der Waals surface area contributed by atoms with Gasteiger partial charge in [-0.2, -0.15) is 0 Å². The second kappa shape index (κ2) is 3.34. The van der Waals surface area contributed by atoms with Gasteiger partial charge < -0.3 is 10.4 Å². The molecule has 2 atom stereocenters. The van der Waals surface area contributed by atoms with Crippen molar-refractivity contribution in [2.45, 2.75) is 18.6 Å². The molecule has 1 aliphatic heterocycles. The minimum Gasteiger partial charge on any atom is -0.508 e. The SMILES string of the molecule is Oc1cccc(C2NCCC2F)c1. The van der Waals surface area contributed by atoms with Crippen LogP contribution in [0.15, 0.2) is 24.3 Å². The summed E-state index contributed by atoms with van der Waals surface area (Å²) in [7, 11) is 0. The average molecular weight is 181 g/mol. The van der Waals surface area contributed by atoms with Gasteiger partial charge in [0.15, 0.2) is 0 Å². The Morgan fingerprint density at radius 2 is 2.31 bits per heavy atom. The van der Waals surface area contributed by atoms with Gasteiger partial charge in [-0.3, -0.25) is 0 Å². The van der Waals surface area contributed by atoms with Crippen molar-refractivity contribution in [1.29, 1.82) is 0 Å². The first kappa shape index (κ1) is 8.51. The molecule has 1 aromatic carbocycles. The van der Waals surface area contributed by atoms with Gasteiger partial charge in [0.2, 0.25) is 0 Å². The molecule has 0 spiro atoms. The normalized spacial score (nSPS) is 27.8. The number of hydrogen-bond donors (Lipinski definition) is 2. The summed E-state index contributed by atoms with van der Waals surface area (Å²) in [6.45, 7) is 0.710. The first-order valence-electron chi connectivity index (χ1n) is 4.44. The molecule has 0 radical (unpaired) electrons. The van der Waals surface area contributed by atoms with Crippen LogP contribution in [0.4, 0.5) is 4.39 Å². The molecule has 2 unspecified atom stereocenters. The van der Waals surface area contributed by atoms with Crippen molar-refractivity contribution in [2.24, 2.45) is 0 Å². The van der Waals surface area contributed by atoms with Gasteiger partial charge in [-0.1, -0.05) is 12.1 Å². The summed E-state index contributed by atoms with van der Waals surface area (Å²) in [5.41, 5.74) is 0.824. The van der Waals surface area contributed by atoms with Crippen molar-refractivity contribution in [1.82, 2.24) is 5.32 Å². The number of nitrogens with one attached hydrogen (secondary N) is 1. The first-order valence-corrected chi connectivity index (χ1v) is 4.44. The molecule has 1 heterocycles. The molecule has 0 aliphatic carbocycles. The topological polar surface area (TPSA) is 32.3 Å². The molecular weight excluding hydrogens is 169 g/mol. The summed E-state index contributed by atoms with van der Waals surface area (Å²) in [4.78, 5) is 0. The Kier molecular flexibility index (Phi) is 2.19. The third-order valence-electron chi connectivity index (χ3n) is 2.38. The molecule has 0 amide bonds.